The molecular formula is C12H20N2O4S. The van der Waals surface area contributed by atoms with E-state index < -0.39 is 10.0 Å². The number of rotatable bonds is 5. The quantitative estimate of drug-likeness (QED) is 0.624. The number of primary sulfonamides is 1. The molecule has 0 aliphatic heterocycles. The Morgan fingerprint density at radius 2 is 1.84 bits per heavy atom. The first kappa shape index (κ1) is 15.7. The van der Waals surface area contributed by atoms with Gasteiger partial charge in [0.2, 0.25) is 10.0 Å². The predicted octanol–water partition coefficient (Wildman–Crippen LogP) is 1.11. The van der Waals surface area contributed by atoms with Gasteiger partial charge in [0.1, 0.15) is 17.3 Å². The first-order chi connectivity index (χ1) is 8.59. The number of nitrogens with two attached hydrogens (primary N) is 2. The van der Waals surface area contributed by atoms with Crippen LogP contribution < -0.4 is 15.6 Å². The minimum Gasteiger partial charge on any atom is -0.491 e. The molecule has 1 rings (SSSR count). The third kappa shape index (κ3) is 5.46. The van der Waals surface area contributed by atoms with Crippen LogP contribution in [0.15, 0.2) is 23.1 Å². The van der Waals surface area contributed by atoms with Gasteiger partial charge >= 0.3 is 0 Å². The standard InChI is InChI=1S/C12H20N2O4S/c1-12(2,3)18-7-6-17-9-4-5-11(10(13)8-9)19(14,15)16/h4-5,8H,6-7,13H2,1-3H3,(H2,14,15,16). The normalized spacial score (nSPS) is 12.4. The molecule has 1 aromatic rings. The Morgan fingerprint density at radius 3 is 2.32 bits per heavy atom. The van der Waals surface area contributed by atoms with E-state index in [4.69, 9.17) is 20.3 Å². The molecule has 0 bridgehead atoms. The van der Waals surface area contributed by atoms with Crippen molar-refractivity contribution in [2.24, 2.45) is 5.14 Å². The Balaban J connectivity index is 2.60. The zero-order valence-electron chi connectivity index (χ0n) is 11.3. The van der Waals surface area contributed by atoms with Crippen molar-refractivity contribution < 1.29 is 17.9 Å². The number of anilines is 1. The van der Waals surface area contributed by atoms with Crippen molar-refractivity contribution in [1.82, 2.24) is 0 Å². The molecule has 108 valence electrons. The molecule has 0 amide bonds. The lowest BCUT2D eigenvalue weighted by Crippen LogP contribution is -2.22. The van der Waals surface area contributed by atoms with E-state index in [0.717, 1.165) is 0 Å². The second-order valence-electron chi connectivity index (χ2n) is 5.05. The van der Waals surface area contributed by atoms with Crippen molar-refractivity contribution in [3.05, 3.63) is 18.2 Å². The Kier molecular flexibility index (Phi) is 4.78. The summed E-state index contributed by atoms with van der Waals surface area (Å²) in [5, 5.41) is 5.01. The maximum absolute atomic E-state index is 11.2. The second kappa shape index (κ2) is 5.77. The van der Waals surface area contributed by atoms with Crippen LogP contribution in [0.25, 0.3) is 0 Å². The molecule has 0 fully saturated rings. The van der Waals surface area contributed by atoms with E-state index in [1.807, 2.05) is 20.8 Å². The third-order valence-electron chi connectivity index (χ3n) is 2.17. The highest BCUT2D eigenvalue weighted by Gasteiger charge is 2.13. The predicted molar refractivity (Wildman–Crippen MR) is 73.4 cm³/mol. The molecular weight excluding hydrogens is 268 g/mol. The van der Waals surface area contributed by atoms with Crippen molar-refractivity contribution in [2.75, 3.05) is 18.9 Å². The lowest BCUT2D eigenvalue weighted by atomic mass is 10.2. The van der Waals surface area contributed by atoms with Gasteiger partial charge in [0.15, 0.2) is 0 Å². The molecule has 0 unspecified atom stereocenters. The van der Waals surface area contributed by atoms with E-state index in [0.29, 0.717) is 19.0 Å². The molecule has 0 aromatic heterocycles. The molecule has 0 radical (unpaired) electrons. The van der Waals surface area contributed by atoms with Gasteiger partial charge in [0.25, 0.3) is 0 Å². The van der Waals surface area contributed by atoms with Gasteiger partial charge in [0.05, 0.1) is 17.9 Å². The summed E-state index contributed by atoms with van der Waals surface area (Å²) in [4.78, 5) is -0.106. The van der Waals surface area contributed by atoms with E-state index in [1.165, 1.54) is 18.2 Å². The molecule has 19 heavy (non-hydrogen) atoms. The summed E-state index contributed by atoms with van der Waals surface area (Å²) in [7, 11) is -3.80. The van der Waals surface area contributed by atoms with Crippen LogP contribution >= 0.6 is 0 Å². The fourth-order valence-corrected chi connectivity index (χ4v) is 2.03. The van der Waals surface area contributed by atoms with Crippen LogP contribution in [0.1, 0.15) is 20.8 Å². The van der Waals surface area contributed by atoms with Crippen molar-refractivity contribution in [3.63, 3.8) is 0 Å². The Bertz CT molecular complexity index is 535. The minimum absolute atomic E-state index is 0.0664. The highest BCUT2D eigenvalue weighted by Crippen LogP contribution is 2.22. The highest BCUT2D eigenvalue weighted by atomic mass is 32.2. The Hall–Kier alpha value is -1.31. The summed E-state index contributed by atoms with van der Waals surface area (Å²) in [6.45, 7) is 6.63. The monoisotopic (exact) mass is 288 g/mol. The lowest BCUT2D eigenvalue weighted by Gasteiger charge is -2.19. The average Bonchev–Trinajstić information content (AvgIpc) is 2.21. The minimum atomic E-state index is -3.80. The maximum atomic E-state index is 11.2. The Morgan fingerprint density at radius 1 is 1.21 bits per heavy atom. The van der Waals surface area contributed by atoms with Gasteiger partial charge < -0.3 is 15.2 Å². The van der Waals surface area contributed by atoms with Gasteiger partial charge in [-0.2, -0.15) is 0 Å². The zero-order chi connectivity index (χ0) is 14.7. The molecule has 0 aliphatic carbocycles. The molecule has 0 aliphatic rings. The highest BCUT2D eigenvalue weighted by molar-refractivity contribution is 7.89. The van der Waals surface area contributed by atoms with Gasteiger partial charge in [-0.3, -0.25) is 0 Å². The summed E-state index contributed by atoms with van der Waals surface area (Å²) in [6.07, 6.45) is 0. The smallest absolute Gasteiger partial charge is 0.240 e. The molecule has 0 heterocycles. The molecule has 7 heteroatoms. The maximum Gasteiger partial charge on any atom is 0.240 e. The van der Waals surface area contributed by atoms with Gasteiger partial charge in [-0.25, -0.2) is 13.6 Å². The van der Waals surface area contributed by atoms with Gasteiger partial charge in [-0.05, 0) is 32.9 Å². The largest absolute Gasteiger partial charge is 0.491 e. The average molecular weight is 288 g/mol. The summed E-state index contributed by atoms with van der Waals surface area (Å²) >= 11 is 0. The van der Waals surface area contributed by atoms with Gasteiger partial charge in [-0.1, -0.05) is 0 Å². The molecule has 4 N–H and O–H groups in total. The number of hydrogen-bond acceptors (Lipinski definition) is 5. The van der Waals surface area contributed by atoms with E-state index >= 15 is 0 Å². The van der Waals surface area contributed by atoms with E-state index in [9.17, 15) is 8.42 Å². The van der Waals surface area contributed by atoms with E-state index in [2.05, 4.69) is 0 Å². The van der Waals surface area contributed by atoms with Crippen LogP contribution in [0.4, 0.5) is 5.69 Å². The number of benzene rings is 1. The van der Waals surface area contributed by atoms with Crippen LogP contribution in [0.5, 0.6) is 5.75 Å². The van der Waals surface area contributed by atoms with E-state index in [1.54, 1.807) is 0 Å². The van der Waals surface area contributed by atoms with Crippen LogP contribution in [-0.2, 0) is 14.8 Å². The van der Waals surface area contributed by atoms with Crippen LogP contribution in [0.2, 0.25) is 0 Å². The molecule has 6 nitrogen and oxygen atoms in total. The van der Waals surface area contributed by atoms with Crippen molar-refractivity contribution >= 4 is 15.7 Å². The molecule has 1 aromatic carbocycles. The third-order valence-corrected chi connectivity index (χ3v) is 3.16. The van der Waals surface area contributed by atoms with E-state index in [-0.39, 0.29) is 16.2 Å². The first-order valence-corrected chi connectivity index (χ1v) is 7.33. The SMILES string of the molecule is CC(C)(C)OCCOc1ccc(S(N)(=O)=O)c(N)c1. The first-order valence-electron chi connectivity index (χ1n) is 5.79. The number of nitrogen functional groups attached to an aromatic ring is 1. The lowest BCUT2D eigenvalue weighted by molar-refractivity contribution is -0.0163. The second-order valence-corrected chi connectivity index (χ2v) is 6.58. The summed E-state index contributed by atoms with van der Waals surface area (Å²) < 4.78 is 33.2. The zero-order valence-corrected chi connectivity index (χ0v) is 12.2. The summed E-state index contributed by atoms with van der Waals surface area (Å²) in [5.41, 5.74) is 5.45. The Labute approximate surface area is 113 Å². The van der Waals surface area contributed by atoms with Crippen LogP contribution in [0.3, 0.4) is 0 Å². The number of sulfonamides is 1. The summed E-state index contributed by atoms with van der Waals surface area (Å²) in [6, 6.07) is 4.26. The molecule has 0 atom stereocenters. The van der Waals surface area contributed by atoms with Crippen LogP contribution in [-0.4, -0.2) is 27.2 Å². The fraction of sp³-hybridized carbons (Fsp3) is 0.500. The number of ether oxygens (including phenoxy) is 2. The summed E-state index contributed by atoms with van der Waals surface area (Å²) in [5.74, 6) is 0.474. The molecule has 0 saturated carbocycles. The van der Waals surface area contributed by atoms with Gasteiger partial charge in [-0.15, -0.1) is 0 Å². The fourth-order valence-electron chi connectivity index (χ4n) is 1.38. The topological polar surface area (TPSA) is 105 Å². The van der Waals surface area contributed by atoms with Crippen molar-refractivity contribution in [2.45, 2.75) is 31.3 Å². The molecule has 0 spiro atoms. The molecule has 0 saturated heterocycles. The van der Waals surface area contributed by atoms with Gasteiger partial charge in [0, 0.05) is 6.07 Å². The number of hydrogen-bond donors (Lipinski definition) is 2. The van der Waals surface area contributed by atoms with Crippen molar-refractivity contribution in [1.29, 1.82) is 0 Å². The van der Waals surface area contributed by atoms with Crippen LogP contribution in [0, 0.1) is 0 Å². The van der Waals surface area contributed by atoms with Crippen molar-refractivity contribution in [3.8, 4) is 5.75 Å².